The van der Waals surface area contributed by atoms with Crippen LogP contribution < -0.4 is 10.5 Å². The molecule has 102 valence electrons. The Balaban J connectivity index is 3.24. The lowest BCUT2D eigenvalue weighted by Crippen LogP contribution is -2.40. The molecule has 0 fully saturated rings. The Morgan fingerprint density at radius 1 is 1.39 bits per heavy atom. The van der Waals surface area contributed by atoms with Gasteiger partial charge in [0.25, 0.3) is 0 Å². The lowest BCUT2D eigenvalue weighted by Gasteiger charge is -2.30. The monoisotopic (exact) mass is 252 g/mol. The van der Waals surface area contributed by atoms with Gasteiger partial charge in [-0.05, 0) is 32.1 Å². The number of nitrogens with two attached hydrogens (primary N) is 1. The number of methoxy groups -OCH3 is 1. The Morgan fingerprint density at radius 3 is 2.50 bits per heavy atom. The lowest BCUT2D eigenvalue weighted by atomic mass is 9.95. The Labute approximate surface area is 109 Å². The molecule has 1 aromatic rings. The molecule has 0 saturated heterocycles. The van der Waals surface area contributed by atoms with E-state index in [1.165, 1.54) is 5.56 Å². The molecule has 0 aromatic heterocycles. The molecule has 0 heterocycles. The molecule has 0 spiro atoms. The molecule has 4 nitrogen and oxygen atoms in total. The number of aliphatic hydroxyl groups excluding tert-OH is 1. The first-order valence-electron chi connectivity index (χ1n) is 6.24. The Morgan fingerprint density at radius 2 is 2.06 bits per heavy atom. The van der Waals surface area contributed by atoms with Gasteiger partial charge >= 0.3 is 0 Å². The van der Waals surface area contributed by atoms with Gasteiger partial charge in [0.05, 0.1) is 19.8 Å². The highest BCUT2D eigenvalue weighted by Crippen LogP contribution is 2.31. The van der Waals surface area contributed by atoms with E-state index in [9.17, 15) is 5.11 Å². The molecule has 0 bridgehead atoms. The third kappa shape index (κ3) is 3.22. The van der Waals surface area contributed by atoms with Gasteiger partial charge in [-0.1, -0.05) is 19.1 Å². The summed E-state index contributed by atoms with van der Waals surface area (Å²) in [5.41, 5.74) is 8.29. The highest BCUT2D eigenvalue weighted by Gasteiger charge is 2.24. The van der Waals surface area contributed by atoms with Crippen LogP contribution in [-0.2, 0) is 6.42 Å². The Kier molecular flexibility index (Phi) is 5.59. The van der Waals surface area contributed by atoms with Crippen LogP contribution >= 0.6 is 0 Å². The summed E-state index contributed by atoms with van der Waals surface area (Å²) in [5, 5.41) is 9.31. The summed E-state index contributed by atoms with van der Waals surface area (Å²) in [6, 6.07) is 5.74. The van der Waals surface area contributed by atoms with Crippen molar-refractivity contribution in [1.29, 1.82) is 0 Å². The SMILES string of the molecule is CCc1ccc(OC)c(C(C(N)CO)N(C)C)c1. The fourth-order valence-corrected chi connectivity index (χ4v) is 2.23. The maximum absolute atomic E-state index is 9.31. The molecule has 4 heteroatoms. The number of rotatable bonds is 6. The number of benzene rings is 1. The number of aliphatic hydroxyl groups is 1. The van der Waals surface area contributed by atoms with Gasteiger partial charge in [0.1, 0.15) is 5.75 Å². The van der Waals surface area contributed by atoms with E-state index >= 15 is 0 Å². The third-order valence-electron chi connectivity index (χ3n) is 3.19. The van der Waals surface area contributed by atoms with Crippen LogP contribution in [-0.4, -0.2) is 43.9 Å². The van der Waals surface area contributed by atoms with Crippen molar-refractivity contribution >= 4 is 0 Å². The molecule has 0 amide bonds. The van der Waals surface area contributed by atoms with Crippen LogP contribution in [0.15, 0.2) is 18.2 Å². The maximum atomic E-state index is 9.31. The normalized spacial score (nSPS) is 14.6. The second kappa shape index (κ2) is 6.73. The van der Waals surface area contributed by atoms with Crippen LogP contribution in [0.5, 0.6) is 5.75 Å². The third-order valence-corrected chi connectivity index (χ3v) is 3.19. The molecule has 2 unspecified atom stereocenters. The van der Waals surface area contributed by atoms with Gasteiger partial charge in [0, 0.05) is 11.6 Å². The minimum Gasteiger partial charge on any atom is -0.496 e. The van der Waals surface area contributed by atoms with E-state index in [1.54, 1.807) is 7.11 Å². The zero-order valence-corrected chi connectivity index (χ0v) is 11.7. The number of hydrogen-bond donors (Lipinski definition) is 2. The van der Waals surface area contributed by atoms with E-state index in [0.717, 1.165) is 17.7 Å². The van der Waals surface area contributed by atoms with Crippen molar-refractivity contribution in [1.82, 2.24) is 4.90 Å². The van der Waals surface area contributed by atoms with Crippen molar-refractivity contribution in [3.63, 3.8) is 0 Å². The smallest absolute Gasteiger partial charge is 0.123 e. The van der Waals surface area contributed by atoms with Crippen molar-refractivity contribution in [2.75, 3.05) is 27.8 Å². The van der Waals surface area contributed by atoms with Gasteiger partial charge < -0.3 is 20.5 Å². The summed E-state index contributed by atoms with van der Waals surface area (Å²) in [6.07, 6.45) is 0.964. The summed E-state index contributed by atoms with van der Waals surface area (Å²) in [6.45, 7) is 2.06. The zero-order chi connectivity index (χ0) is 13.7. The standard InChI is InChI=1S/C14H24N2O2/c1-5-10-6-7-13(18-4)11(8-10)14(16(2)3)12(15)9-17/h6-8,12,14,17H,5,9,15H2,1-4H3. The van der Waals surface area contributed by atoms with E-state index in [4.69, 9.17) is 10.5 Å². The van der Waals surface area contributed by atoms with Crippen LogP contribution in [0.25, 0.3) is 0 Å². The maximum Gasteiger partial charge on any atom is 0.123 e. The van der Waals surface area contributed by atoms with Crippen molar-refractivity contribution < 1.29 is 9.84 Å². The van der Waals surface area contributed by atoms with Crippen LogP contribution in [0.1, 0.15) is 24.1 Å². The number of nitrogens with zero attached hydrogens (tertiary/aromatic N) is 1. The molecule has 0 radical (unpaired) electrons. The van der Waals surface area contributed by atoms with Crippen molar-refractivity contribution in [2.24, 2.45) is 5.73 Å². The topological polar surface area (TPSA) is 58.7 Å². The molecular formula is C14H24N2O2. The van der Waals surface area contributed by atoms with Crippen molar-refractivity contribution in [3.05, 3.63) is 29.3 Å². The summed E-state index contributed by atoms with van der Waals surface area (Å²) in [4.78, 5) is 2.01. The van der Waals surface area contributed by atoms with Gasteiger partial charge in [0.15, 0.2) is 0 Å². The summed E-state index contributed by atoms with van der Waals surface area (Å²) in [5.74, 6) is 0.815. The Hall–Kier alpha value is -1.10. The van der Waals surface area contributed by atoms with E-state index in [1.807, 2.05) is 25.1 Å². The fourth-order valence-electron chi connectivity index (χ4n) is 2.23. The lowest BCUT2D eigenvalue weighted by molar-refractivity contribution is 0.178. The minimum absolute atomic E-state index is 0.0532. The number of hydrogen-bond acceptors (Lipinski definition) is 4. The van der Waals surface area contributed by atoms with Crippen LogP contribution in [0.4, 0.5) is 0 Å². The van der Waals surface area contributed by atoms with Gasteiger partial charge in [-0.25, -0.2) is 0 Å². The highest BCUT2D eigenvalue weighted by atomic mass is 16.5. The summed E-state index contributed by atoms with van der Waals surface area (Å²) >= 11 is 0. The van der Waals surface area contributed by atoms with Crippen molar-refractivity contribution in [3.8, 4) is 5.75 Å². The molecule has 0 saturated carbocycles. The molecule has 2 atom stereocenters. The number of ether oxygens (including phenoxy) is 1. The average molecular weight is 252 g/mol. The zero-order valence-electron chi connectivity index (χ0n) is 11.7. The van der Waals surface area contributed by atoms with Gasteiger partial charge in [-0.15, -0.1) is 0 Å². The average Bonchev–Trinajstić information content (AvgIpc) is 2.38. The summed E-state index contributed by atoms with van der Waals surface area (Å²) in [7, 11) is 5.57. The predicted octanol–water partition coefficient (Wildman–Crippen LogP) is 1.18. The minimum atomic E-state index is -0.332. The van der Waals surface area contributed by atoms with Crippen LogP contribution in [0.3, 0.4) is 0 Å². The fraction of sp³-hybridized carbons (Fsp3) is 0.571. The molecule has 0 aliphatic rings. The van der Waals surface area contributed by atoms with E-state index < -0.39 is 0 Å². The highest BCUT2D eigenvalue weighted by molar-refractivity contribution is 5.40. The Bertz CT molecular complexity index is 380. The molecule has 1 rings (SSSR count). The van der Waals surface area contributed by atoms with Crippen molar-refractivity contribution in [2.45, 2.75) is 25.4 Å². The second-order valence-electron chi connectivity index (χ2n) is 4.68. The van der Waals surface area contributed by atoms with Gasteiger partial charge in [0.2, 0.25) is 0 Å². The second-order valence-corrected chi connectivity index (χ2v) is 4.68. The molecule has 0 aliphatic carbocycles. The first-order valence-corrected chi connectivity index (χ1v) is 6.24. The number of aryl methyl sites for hydroxylation is 1. The van der Waals surface area contributed by atoms with Crippen LogP contribution in [0, 0.1) is 0 Å². The molecule has 18 heavy (non-hydrogen) atoms. The quantitative estimate of drug-likeness (QED) is 0.798. The van der Waals surface area contributed by atoms with E-state index in [0.29, 0.717) is 0 Å². The predicted molar refractivity (Wildman–Crippen MR) is 73.9 cm³/mol. The largest absolute Gasteiger partial charge is 0.496 e. The molecule has 1 aromatic carbocycles. The first-order chi connectivity index (χ1) is 8.54. The number of likely N-dealkylation sites (N-methyl/N-ethyl adjacent to an activating group) is 1. The summed E-state index contributed by atoms with van der Waals surface area (Å²) < 4.78 is 5.41. The van der Waals surface area contributed by atoms with E-state index in [2.05, 4.69) is 19.1 Å². The molecule has 3 N–H and O–H groups in total. The van der Waals surface area contributed by atoms with E-state index in [-0.39, 0.29) is 18.7 Å². The first kappa shape index (κ1) is 15.0. The van der Waals surface area contributed by atoms with Crippen LogP contribution in [0.2, 0.25) is 0 Å². The van der Waals surface area contributed by atoms with Gasteiger partial charge in [-0.2, -0.15) is 0 Å². The van der Waals surface area contributed by atoms with Gasteiger partial charge in [-0.3, -0.25) is 0 Å². The molecule has 0 aliphatic heterocycles. The molecular weight excluding hydrogens is 228 g/mol.